The molecule has 13 nitrogen and oxygen atoms in total. The second kappa shape index (κ2) is 21.3. The molecular formula is C26H39NO12. The number of hydrogen-bond acceptors (Lipinski definition) is 11. The number of carbonyl (C=O) groups excluding carboxylic acids is 2. The molecule has 0 saturated heterocycles. The summed E-state index contributed by atoms with van der Waals surface area (Å²) in [6, 6.07) is 6.79. The van der Waals surface area contributed by atoms with Crippen molar-refractivity contribution in [1.29, 1.82) is 0 Å². The van der Waals surface area contributed by atoms with Gasteiger partial charge in [0.05, 0.1) is 117 Å². The molecule has 0 fully saturated rings. The summed E-state index contributed by atoms with van der Waals surface area (Å²) in [5.41, 5.74) is 0.872. The Labute approximate surface area is 228 Å². The van der Waals surface area contributed by atoms with E-state index in [-0.39, 0.29) is 38.2 Å². The first-order valence-electron chi connectivity index (χ1n) is 12.9. The predicted octanol–water partition coefficient (Wildman–Crippen LogP) is 0.500. The summed E-state index contributed by atoms with van der Waals surface area (Å²) in [5, 5.41) is 8.41. The van der Waals surface area contributed by atoms with Crippen LogP contribution in [0.1, 0.15) is 20.7 Å². The average molecular weight is 558 g/mol. The van der Waals surface area contributed by atoms with Gasteiger partial charge >= 0.3 is 5.97 Å². The molecule has 1 N–H and O–H groups in total. The highest BCUT2D eigenvalue weighted by Crippen LogP contribution is 2.21. The molecule has 1 aliphatic heterocycles. The minimum absolute atomic E-state index is 0.208. The summed E-state index contributed by atoms with van der Waals surface area (Å²) < 4.78 is 42.5. The van der Waals surface area contributed by atoms with Crippen LogP contribution < -0.4 is 0 Å². The van der Waals surface area contributed by atoms with E-state index >= 15 is 0 Å². The Kier molecular flexibility index (Phi) is 17.9. The molecule has 1 heterocycles. The first-order chi connectivity index (χ1) is 19.1. The molecular weight excluding hydrogens is 518 g/mol. The summed E-state index contributed by atoms with van der Waals surface area (Å²) in [4.78, 5) is 36.0. The van der Waals surface area contributed by atoms with Crippen LogP contribution in [0.15, 0.2) is 24.3 Å². The second-order valence-corrected chi connectivity index (χ2v) is 8.04. The number of carbonyl (C=O) groups is 3. The lowest BCUT2D eigenvalue weighted by Gasteiger charge is -2.13. The molecule has 0 radical (unpaired) electrons. The Morgan fingerprint density at radius 1 is 0.538 bits per heavy atom. The van der Waals surface area contributed by atoms with Gasteiger partial charge in [-0.25, -0.2) is 4.79 Å². The van der Waals surface area contributed by atoms with Crippen molar-refractivity contribution in [2.24, 2.45) is 0 Å². The van der Waals surface area contributed by atoms with Gasteiger partial charge in [-0.3, -0.25) is 14.5 Å². The van der Waals surface area contributed by atoms with Crippen molar-refractivity contribution in [1.82, 2.24) is 4.90 Å². The monoisotopic (exact) mass is 557 g/mol. The zero-order valence-electron chi connectivity index (χ0n) is 22.2. The maximum absolute atomic E-state index is 12.3. The van der Waals surface area contributed by atoms with Crippen LogP contribution in [0.5, 0.6) is 0 Å². The lowest BCUT2D eigenvalue weighted by Crippen LogP contribution is -2.33. The Hall–Kier alpha value is -2.49. The lowest BCUT2D eigenvalue weighted by molar-refractivity contribution is -0.142. The lowest BCUT2D eigenvalue weighted by atomic mass is 10.1. The Morgan fingerprint density at radius 2 is 0.846 bits per heavy atom. The van der Waals surface area contributed by atoms with Crippen molar-refractivity contribution in [3.63, 3.8) is 0 Å². The van der Waals surface area contributed by atoms with Crippen molar-refractivity contribution in [2.75, 3.05) is 112 Å². The van der Waals surface area contributed by atoms with Gasteiger partial charge in [-0.2, -0.15) is 0 Å². The number of carboxylic acid groups (broad SMARTS) is 1. The molecule has 0 aliphatic carbocycles. The molecule has 220 valence electrons. The summed E-state index contributed by atoms with van der Waals surface area (Å²) in [7, 11) is 0. The zero-order chi connectivity index (χ0) is 28.0. The number of imide groups is 1. The van der Waals surface area contributed by atoms with Crippen LogP contribution in [0.3, 0.4) is 0 Å². The highest BCUT2D eigenvalue weighted by molar-refractivity contribution is 6.21. The van der Waals surface area contributed by atoms with E-state index in [0.29, 0.717) is 97.0 Å². The first-order valence-corrected chi connectivity index (χ1v) is 12.9. The molecule has 39 heavy (non-hydrogen) atoms. The Bertz CT molecular complexity index is 802. The van der Waals surface area contributed by atoms with Crippen molar-refractivity contribution < 1.29 is 57.4 Å². The standard InChI is InChI=1S/C26H39NO12/c28-24(29)21-39-20-19-38-18-17-37-16-15-36-14-13-35-12-11-34-10-9-33-8-7-32-6-5-27-25(30)22-3-1-2-4-23(22)26(27)31/h1-4H,5-21H2,(H,28,29). The fraction of sp³-hybridized carbons (Fsp3) is 0.654. The number of ether oxygens (including phenoxy) is 8. The smallest absolute Gasteiger partial charge is 0.329 e. The van der Waals surface area contributed by atoms with Crippen LogP contribution in [0.25, 0.3) is 0 Å². The van der Waals surface area contributed by atoms with E-state index in [1.54, 1.807) is 24.3 Å². The number of nitrogens with zero attached hydrogens (tertiary/aromatic N) is 1. The molecule has 1 aromatic rings. The molecule has 0 spiro atoms. The van der Waals surface area contributed by atoms with Crippen LogP contribution >= 0.6 is 0 Å². The van der Waals surface area contributed by atoms with Gasteiger partial charge in [-0.15, -0.1) is 0 Å². The molecule has 1 aromatic carbocycles. The van der Waals surface area contributed by atoms with Gasteiger partial charge < -0.3 is 43.0 Å². The summed E-state index contributed by atoms with van der Waals surface area (Å²) in [6.45, 7) is 5.83. The normalized spacial score (nSPS) is 12.9. The summed E-state index contributed by atoms with van der Waals surface area (Å²) in [5.74, 6) is -1.57. The largest absolute Gasteiger partial charge is 0.480 e. The van der Waals surface area contributed by atoms with Gasteiger partial charge in [0.25, 0.3) is 11.8 Å². The number of amides is 2. The van der Waals surface area contributed by atoms with Gasteiger partial charge in [0.1, 0.15) is 6.61 Å². The zero-order valence-corrected chi connectivity index (χ0v) is 22.2. The molecule has 2 rings (SSSR count). The van der Waals surface area contributed by atoms with Gasteiger partial charge in [0.15, 0.2) is 0 Å². The molecule has 1 aliphatic rings. The maximum atomic E-state index is 12.3. The SMILES string of the molecule is O=C(O)COCCOCCOCCOCCOCCOCCOCCOCCN1C(=O)c2ccccc2C1=O. The highest BCUT2D eigenvalue weighted by atomic mass is 16.6. The van der Waals surface area contributed by atoms with E-state index in [9.17, 15) is 14.4 Å². The molecule has 0 aromatic heterocycles. The van der Waals surface area contributed by atoms with Crippen molar-refractivity contribution in [2.45, 2.75) is 0 Å². The predicted molar refractivity (Wildman–Crippen MR) is 136 cm³/mol. The molecule has 2 amide bonds. The molecule has 0 bridgehead atoms. The minimum Gasteiger partial charge on any atom is -0.480 e. The van der Waals surface area contributed by atoms with E-state index in [2.05, 4.69) is 0 Å². The second-order valence-electron chi connectivity index (χ2n) is 8.04. The highest BCUT2D eigenvalue weighted by Gasteiger charge is 2.34. The van der Waals surface area contributed by atoms with Crippen molar-refractivity contribution in [3.8, 4) is 0 Å². The fourth-order valence-electron chi connectivity index (χ4n) is 3.30. The van der Waals surface area contributed by atoms with Gasteiger partial charge in [0, 0.05) is 0 Å². The van der Waals surface area contributed by atoms with Gasteiger partial charge in [0.2, 0.25) is 0 Å². The number of carboxylic acids is 1. The van der Waals surface area contributed by atoms with E-state index in [1.807, 2.05) is 0 Å². The first kappa shape index (κ1) is 32.7. The third kappa shape index (κ3) is 14.5. The summed E-state index contributed by atoms with van der Waals surface area (Å²) >= 11 is 0. The van der Waals surface area contributed by atoms with E-state index in [0.717, 1.165) is 0 Å². The third-order valence-corrected chi connectivity index (χ3v) is 5.17. The topological polar surface area (TPSA) is 149 Å². The van der Waals surface area contributed by atoms with E-state index in [1.165, 1.54) is 4.90 Å². The molecule has 0 saturated carbocycles. The Balaban J connectivity index is 1.24. The van der Waals surface area contributed by atoms with Crippen molar-refractivity contribution in [3.05, 3.63) is 35.4 Å². The maximum Gasteiger partial charge on any atom is 0.329 e. The van der Waals surface area contributed by atoms with Gasteiger partial charge in [-0.05, 0) is 12.1 Å². The number of benzene rings is 1. The number of fused-ring (bicyclic) bond motifs is 1. The number of rotatable bonds is 26. The van der Waals surface area contributed by atoms with Crippen LogP contribution in [0, 0.1) is 0 Å². The molecule has 0 unspecified atom stereocenters. The summed E-state index contributed by atoms with van der Waals surface area (Å²) in [6.07, 6.45) is 0. The quantitative estimate of drug-likeness (QED) is 0.125. The number of hydrogen-bond donors (Lipinski definition) is 1. The Morgan fingerprint density at radius 3 is 1.18 bits per heavy atom. The van der Waals surface area contributed by atoms with E-state index < -0.39 is 5.97 Å². The van der Waals surface area contributed by atoms with Crippen LogP contribution in [0.4, 0.5) is 0 Å². The fourth-order valence-corrected chi connectivity index (χ4v) is 3.30. The minimum atomic E-state index is -1.00. The van der Waals surface area contributed by atoms with Crippen LogP contribution in [-0.4, -0.2) is 140 Å². The molecule has 13 heteroatoms. The van der Waals surface area contributed by atoms with Crippen LogP contribution in [-0.2, 0) is 42.7 Å². The van der Waals surface area contributed by atoms with Gasteiger partial charge in [-0.1, -0.05) is 12.1 Å². The molecule has 0 atom stereocenters. The number of aliphatic carboxylic acids is 1. The third-order valence-electron chi connectivity index (χ3n) is 5.17. The average Bonchev–Trinajstić information content (AvgIpc) is 3.17. The van der Waals surface area contributed by atoms with E-state index in [4.69, 9.17) is 43.0 Å². The van der Waals surface area contributed by atoms with Crippen LogP contribution in [0.2, 0.25) is 0 Å². The van der Waals surface area contributed by atoms with Crippen molar-refractivity contribution >= 4 is 17.8 Å².